The second-order valence-corrected chi connectivity index (χ2v) is 9.39. The number of rotatable bonds is 10. The molecule has 7 nitrogen and oxygen atoms in total. The number of halogens is 2. The van der Waals surface area contributed by atoms with Crippen molar-refractivity contribution >= 4 is 17.7 Å². The van der Waals surface area contributed by atoms with Crippen molar-refractivity contribution < 1.29 is 28.2 Å². The first-order chi connectivity index (χ1) is 18.2. The van der Waals surface area contributed by atoms with E-state index in [0.717, 1.165) is 23.6 Å². The molecule has 0 spiro atoms. The van der Waals surface area contributed by atoms with Crippen LogP contribution in [0, 0.1) is 11.6 Å². The fourth-order valence-electron chi connectivity index (χ4n) is 4.48. The van der Waals surface area contributed by atoms with Gasteiger partial charge in [-0.05, 0) is 65.9 Å². The molecular weight excluding hydrogens is 492 g/mol. The molecule has 1 fully saturated rings. The second kappa shape index (κ2) is 12.1. The SMILES string of the molecule is CCc1cccc(CN(C[C@@H](O)[C@@H](N)Cc2cc(F)cc(F)c2)C(=O)c2ccc(N3CCOC3=O)cc2)c1. The lowest BCUT2D eigenvalue weighted by Gasteiger charge is -2.29. The van der Waals surface area contributed by atoms with Crippen molar-refractivity contribution in [3.05, 3.63) is 101 Å². The standard InChI is InChI=1S/C29H31F2N3O4/c1-2-19-4-3-5-20(12-19)17-33(18-27(35)26(32)15-21-13-23(30)16-24(31)14-21)28(36)22-6-8-25(9-7-22)34-10-11-38-29(34)37/h3-9,12-14,16,26-27,35H,2,10-11,15,17-18,32H2,1H3/t26-,27+/m0/s1. The van der Waals surface area contributed by atoms with E-state index < -0.39 is 29.9 Å². The lowest BCUT2D eigenvalue weighted by atomic mass is 10.0. The molecule has 0 aromatic heterocycles. The number of carbonyl (C=O) groups is 2. The maximum Gasteiger partial charge on any atom is 0.414 e. The minimum absolute atomic E-state index is 0.0316. The summed E-state index contributed by atoms with van der Waals surface area (Å²) >= 11 is 0. The number of aryl methyl sites for hydroxylation is 1. The Balaban J connectivity index is 1.53. The molecule has 2 amide bonds. The van der Waals surface area contributed by atoms with E-state index in [9.17, 15) is 23.5 Å². The Labute approximate surface area is 220 Å². The fourth-order valence-corrected chi connectivity index (χ4v) is 4.48. The molecule has 1 heterocycles. The van der Waals surface area contributed by atoms with Crippen LogP contribution in [-0.2, 0) is 24.1 Å². The monoisotopic (exact) mass is 523 g/mol. The van der Waals surface area contributed by atoms with E-state index >= 15 is 0 Å². The molecule has 0 bridgehead atoms. The molecule has 1 aliphatic heterocycles. The average Bonchev–Trinajstić information content (AvgIpc) is 3.33. The van der Waals surface area contributed by atoms with Crippen LogP contribution in [0.4, 0.5) is 19.3 Å². The summed E-state index contributed by atoms with van der Waals surface area (Å²) in [4.78, 5) is 28.4. The van der Waals surface area contributed by atoms with Gasteiger partial charge in [0.05, 0.1) is 12.6 Å². The first-order valence-corrected chi connectivity index (χ1v) is 12.5. The number of benzene rings is 3. The molecule has 0 saturated carbocycles. The predicted octanol–water partition coefficient (Wildman–Crippen LogP) is 4.06. The van der Waals surface area contributed by atoms with Gasteiger partial charge in [-0.15, -0.1) is 0 Å². The Kier molecular flexibility index (Phi) is 8.70. The third-order valence-corrected chi connectivity index (χ3v) is 6.54. The largest absolute Gasteiger partial charge is 0.447 e. The third-order valence-electron chi connectivity index (χ3n) is 6.54. The number of nitrogens with zero attached hydrogens (tertiary/aromatic N) is 2. The molecule has 1 aliphatic rings. The van der Waals surface area contributed by atoms with Crippen molar-refractivity contribution in [2.75, 3.05) is 24.6 Å². The maximum absolute atomic E-state index is 13.6. The zero-order valence-electron chi connectivity index (χ0n) is 21.1. The van der Waals surface area contributed by atoms with Gasteiger partial charge in [0.25, 0.3) is 5.91 Å². The van der Waals surface area contributed by atoms with Crippen molar-refractivity contribution in [3.63, 3.8) is 0 Å². The van der Waals surface area contributed by atoms with Crippen molar-refractivity contribution in [2.45, 2.75) is 38.5 Å². The van der Waals surface area contributed by atoms with E-state index in [1.165, 1.54) is 21.9 Å². The molecule has 4 rings (SSSR count). The van der Waals surface area contributed by atoms with E-state index in [1.54, 1.807) is 24.3 Å². The molecule has 38 heavy (non-hydrogen) atoms. The van der Waals surface area contributed by atoms with E-state index in [1.807, 2.05) is 31.2 Å². The smallest absolute Gasteiger partial charge is 0.414 e. The number of anilines is 1. The summed E-state index contributed by atoms with van der Waals surface area (Å²) in [5.41, 5.74) is 9.52. The van der Waals surface area contributed by atoms with Crippen LogP contribution in [0.25, 0.3) is 0 Å². The highest BCUT2D eigenvalue weighted by Gasteiger charge is 2.26. The summed E-state index contributed by atoms with van der Waals surface area (Å²) in [6, 6.07) is 16.7. The molecule has 0 radical (unpaired) electrons. The van der Waals surface area contributed by atoms with Crippen LogP contribution in [-0.4, -0.2) is 53.8 Å². The Morgan fingerprint density at radius 1 is 1.05 bits per heavy atom. The number of hydrogen-bond acceptors (Lipinski definition) is 5. The summed E-state index contributed by atoms with van der Waals surface area (Å²) < 4.78 is 32.2. The van der Waals surface area contributed by atoms with Gasteiger partial charge in [-0.1, -0.05) is 31.2 Å². The number of nitrogens with two attached hydrogens (primary N) is 1. The predicted molar refractivity (Wildman–Crippen MR) is 140 cm³/mol. The van der Waals surface area contributed by atoms with Crippen LogP contribution < -0.4 is 10.6 Å². The number of carbonyl (C=O) groups excluding carboxylic acids is 2. The van der Waals surface area contributed by atoms with Gasteiger partial charge in [-0.25, -0.2) is 13.6 Å². The summed E-state index contributed by atoms with van der Waals surface area (Å²) in [5, 5.41) is 10.9. The summed E-state index contributed by atoms with van der Waals surface area (Å²) in [6.07, 6.45) is -0.723. The molecular formula is C29H31F2N3O4. The Morgan fingerprint density at radius 2 is 1.74 bits per heavy atom. The number of aliphatic hydroxyl groups excluding tert-OH is 1. The van der Waals surface area contributed by atoms with Gasteiger partial charge in [0.15, 0.2) is 0 Å². The highest BCUT2D eigenvalue weighted by Crippen LogP contribution is 2.21. The van der Waals surface area contributed by atoms with E-state index in [2.05, 4.69) is 0 Å². The molecule has 1 saturated heterocycles. The molecule has 3 N–H and O–H groups in total. The number of hydrogen-bond donors (Lipinski definition) is 2. The number of amides is 2. The third kappa shape index (κ3) is 6.73. The van der Waals surface area contributed by atoms with Crippen LogP contribution in [0.15, 0.2) is 66.7 Å². The first-order valence-electron chi connectivity index (χ1n) is 12.5. The fraction of sp³-hybridized carbons (Fsp3) is 0.310. The van der Waals surface area contributed by atoms with Crippen molar-refractivity contribution in [1.82, 2.24) is 4.90 Å². The van der Waals surface area contributed by atoms with Crippen LogP contribution in [0.3, 0.4) is 0 Å². The van der Waals surface area contributed by atoms with Gasteiger partial charge in [0.1, 0.15) is 18.2 Å². The molecule has 0 unspecified atom stereocenters. The normalized spacial score (nSPS) is 14.8. The Bertz CT molecular complexity index is 1260. The van der Waals surface area contributed by atoms with Gasteiger partial charge < -0.3 is 20.5 Å². The van der Waals surface area contributed by atoms with Crippen molar-refractivity contribution in [1.29, 1.82) is 0 Å². The van der Waals surface area contributed by atoms with Crippen molar-refractivity contribution in [3.8, 4) is 0 Å². The van der Waals surface area contributed by atoms with Gasteiger partial charge in [0.2, 0.25) is 0 Å². The van der Waals surface area contributed by atoms with Crippen LogP contribution >= 0.6 is 0 Å². The van der Waals surface area contributed by atoms with Crippen LogP contribution in [0.2, 0.25) is 0 Å². The number of ether oxygens (including phenoxy) is 1. The summed E-state index contributed by atoms with van der Waals surface area (Å²) in [5.74, 6) is -1.77. The van der Waals surface area contributed by atoms with Gasteiger partial charge >= 0.3 is 6.09 Å². The van der Waals surface area contributed by atoms with Gasteiger partial charge in [-0.3, -0.25) is 9.69 Å². The summed E-state index contributed by atoms with van der Waals surface area (Å²) in [7, 11) is 0. The average molecular weight is 524 g/mol. The second-order valence-electron chi connectivity index (χ2n) is 9.39. The van der Waals surface area contributed by atoms with Crippen LogP contribution in [0.5, 0.6) is 0 Å². The molecule has 3 aromatic rings. The van der Waals surface area contributed by atoms with E-state index in [4.69, 9.17) is 10.5 Å². The Hall–Kier alpha value is -3.82. The number of aliphatic hydroxyl groups is 1. The molecule has 200 valence electrons. The maximum atomic E-state index is 13.6. The van der Waals surface area contributed by atoms with Crippen LogP contribution in [0.1, 0.15) is 34.0 Å². The minimum Gasteiger partial charge on any atom is -0.447 e. The Morgan fingerprint density at radius 3 is 2.37 bits per heavy atom. The quantitative estimate of drug-likeness (QED) is 0.418. The molecule has 3 aromatic carbocycles. The van der Waals surface area contributed by atoms with E-state index in [0.29, 0.717) is 30.0 Å². The molecule has 0 aliphatic carbocycles. The summed E-state index contributed by atoms with van der Waals surface area (Å²) in [6.45, 7) is 2.92. The topological polar surface area (TPSA) is 96.1 Å². The zero-order chi connectivity index (χ0) is 27.2. The lowest BCUT2D eigenvalue weighted by molar-refractivity contribution is 0.0554. The van der Waals surface area contributed by atoms with Crippen molar-refractivity contribution in [2.24, 2.45) is 5.73 Å². The molecule has 2 atom stereocenters. The van der Waals surface area contributed by atoms with E-state index in [-0.39, 0.29) is 25.4 Å². The number of cyclic esters (lactones) is 1. The minimum atomic E-state index is -1.15. The lowest BCUT2D eigenvalue weighted by Crippen LogP contribution is -2.46. The highest BCUT2D eigenvalue weighted by molar-refractivity contribution is 5.95. The zero-order valence-corrected chi connectivity index (χ0v) is 21.1. The van der Waals surface area contributed by atoms with Gasteiger partial charge in [0, 0.05) is 36.4 Å². The van der Waals surface area contributed by atoms with Gasteiger partial charge in [-0.2, -0.15) is 0 Å². The highest BCUT2D eigenvalue weighted by atomic mass is 19.1. The molecule has 9 heteroatoms. The first kappa shape index (κ1) is 27.2.